The van der Waals surface area contributed by atoms with Gasteiger partial charge in [0.1, 0.15) is 6.54 Å². The van der Waals surface area contributed by atoms with Crippen LogP contribution in [-0.2, 0) is 26.2 Å². The van der Waals surface area contributed by atoms with Crippen molar-refractivity contribution in [3.63, 3.8) is 0 Å². The van der Waals surface area contributed by atoms with Crippen LogP contribution < -0.4 is 5.32 Å². The summed E-state index contributed by atoms with van der Waals surface area (Å²) >= 11 is 0. The van der Waals surface area contributed by atoms with Crippen LogP contribution in [0.2, 0.25) is 0 Å². The van der Waals surface area contributed by atoms with Crippen molar-refractivity contribution in [3.05, 3.63) is 35.7 Å². The molecular weight excluding hydrogens is 271 g/mol. The second-order valence-electron chi connectivity index (χ2n) is 4.30. The van der Waals surface area contributed by atoms with E-state index in [1.165, 1.54) is 21.8 Å². The summed E-state index contributed by atoms with van der Waals surface area (Å²) in [7, 11) is 0. The number of hydrogen-bond donors (Lipinski definition) is 1. The number of hydrogen-bond acceptors (Lipinski definition) is 3. The van der Waals surface area contributed by atoms with Gasteiger partial charge >= 0.3 is 0 Å². The van der Waals surface area contributed by atoms with E-state index < -0.39 is 13.0 Å². The Hall–Kier alpha value is -1.83. The molecule has 0 bridgehead atoms. The Bertz CT molecular complexity index is 549. The molecule has 2 heterocycles. The van der Waals surface area contributed by atoms with Crippen molar-refractivity contribution in [3.8, 4) is 0 Å². The quantitative estimate of drug-likeness (QED) is 0.844. The fourth-order valence-electron chi connectivity index (χ4n) is 1.81. The van der Waals surface area contributed by atoms with E-state index in [-0.39, 0.29) is 5.95 Å². The van der Waals surface area contributed by atoms with E-state index in [4.69, 9.17) is 0 Å². The molecule has 8 heteroatoms. The molecule has 5 nitrogen and oxygen atoms in total. The van der Waals surface area contributed by atoms with E-state index >= 15 is 0 Å². The van der Waals surface area contributed by atoms with Gasteiger partial charge < -0.3 is 5.32 Å². The van der Waals surface area contributed by atoms with E-state index in [1.807, 2.05) is 6.92 Å². The third-order valence-corrected chi connectivity index (χ3v) is 2.79. The number of rotatable bonds is 7. The van der Waals surface area contributed by atoms with Gasteiger partial charge in [-0.3, -0.25) is 4.68 Å². The summed E-state index contributed by atoms with van der Waals surface area (Å²) in [6.07, 6.45) is 0.546. The predicted octanol–water partition coefficient (Wildman–Crippen LogP) is 1.79. The molecule has 0 atom stereocenters. The Kier molecular flexibility index (Phi) is 4.78. The third kappa shape index (κ3) is 3.60. The number of nitrogens with zero attached hydrogens (tertiary/aromatic N) is 4. The first-order valence-electron chi connectivity index (χ1n) is 6.31. The second kappa shape index (κ2) is 6.56. The van der Waals surface area contributed by atoms with Crippen LogP contribution in [0.25, 0.3) is 0 Å². The maximum atomic E-state index is 13.7. The highest BCUT2D eigenvalue weighted by molar-refractivity contribution is 5.07. The molecule has 0 aliphatic rings. The van der Waals surface area contributed by atoms with Crippen LogP contribution in [-0.4, -0.2) is 26.0 Å². The van der Waals surface area contributed by atoms with Crippen LogP contribution in [0.5, 0.6) is 0 Å². The lowest BCUT2D eigenvalue weighted by molar-refractivity contribution is 0.121. The monoisotopic (exact) mass is 287 g/mol. The molecule has 0 aliphatic heterocycles. The van der Waals surface area contributed by atoms with E-state index in [9.17, 15) is 13.2 Å². The van der Waals surface area contributed by atoms with Gasteiger partial charge in [0, 0.05) is 31.4 Å². The zero-order valence-electron chi connectivity index (χ0n) is 11.1. The fraction of sp³-hybridized carbons (Fsp3) is 0.500. The number of aryl methyl sites for hydroxylation is 1. The van der Waals surface area contributed by atoms with E-state index in [2.05, 4.69) is 15.5 Å². The number of aromatic nitrogens is 4. The summed E-state index contributed by atoms with van der Waals surface area (Å²) in [5, 5.41) is 10.9. The van der Waals surface area contributed by atoms with Gasteiger partial charge in [-0.15, -0.1) is 0 Å². The topological polar surface area (TPSA) is 47.7 Å². The maximum absolute atomic E-state index is 13.7. The highest BCUT2D eigenvalue weighted by Crippen LogP contribution is 2.06. The Morgan fingerprint density at radius 3 is 2.80 bits per heavy atom. The van der Waals surface area contributed by atoms with Gasteiger partial charge in [-0.1, -0.05) is 0 Å². The smallest absolute Gasteiger partial charge is 0.257 e. The first-order chi connectivity index (χ1) is 9.60. The largest absolute Gasteiger partial charge is 0.307 e. The van der Waals surface area contributed by atoms with Gasteiger partial charge in [0.2, 0.25) is 5.95 Å². The van der Waals surface area contributed by atoms with Crippen LogP contribution in [0.15, 0.2) is 18.5 Å². The van der Waals surface area contributed by atoms with Crippen molar-refractivity contribution in [2.45, 2.75) is 39.5 Å². The van der Waals surface area contributed by atoms with Crippen LogP contribution in [0, 0.1) is 5.95 Å². The van der Waals surface area contributed by atoms with Gasteiger partial charge in [-0.2, -0.15) is 14.6 Å². The zero-order valence-corrected chi connectivity index (χ0v) is 11.1. The SMILES string of the molecule is CCn1ncc(CNCc2ccn(CC(F)F)n2)c1F. The van der Waals surface area contributed by atoms with Crippen molar-refractivity contribution in [1.82, 2.24) is 24.9 Å². The Labute approximate surface area is 114 Å². The molecule has 20 heavy (non-hydrogen) atoms. The summed E-state index contributed by atoms with van der Waals surface area (Å²) in [6.45, 7) is 2.56. The lowest BCUT2D eigenvalue weighted by Crippen LogP contribution is -2.15. The average Bonchev–Trinajstić information content (AvgIpc) is 2.97. The van der Waals surface area contributed by atoms with Crippen LogP contribution in [0.1, 0.15) is 18.2 Å². The predicted molar refractivity (Wildman–Crippen MR) is 66.6 cm³/mol. The second-order valence-corrected chi connectivity index (χ2v) is 4.30. The molecule has 0 unspecified atom stereocenters. The molecule has 0 saturated carbocycles. The minimum absolute atomic E-state index is 0.313. The van der Waals surface area contributed by atoms with Crippen molar-refractivity contribution < 1.29 is 13.2 Å². The number of halogens is 3. The molecule has 2 rings (SSSR count). The van der Waals surface area contributed by atoms with E-state index in [1.54, 1.807) is 6.07 Å². The van der Waals surface area contributed by atoms with Gasteiger partial charge in [0.25, 0.3) is 6.43 Å². The number of alkyl halides is 2. The molecule has 0 fully saturated rings. The highest BCUT2D eigenvalue weighted by Gasteiger charge is 2.09. The van der Waals surface area contributed by atoms with Crippen molar-refractivity contribution in [1.29, 1.82) is 0 Å². The first-order valence-corrected chi connectivity index (χ1v) is 6.31. The van der Waals surface area contributed by atoms with Crippen molar-refractivity contribution in [2.75, 3.05) is 0 Å². The van der Waals surface area contributed by atoms with Gasteiger partial charge in [-0.25, -0.2) is 13.5 Å². The van der Waals surface area contributed by atoms with Crippen LogP contribution >= 0.6 is 0 Å². The highest BCUT2D eigenvalue weighted by atomic mass is 19.3. The normalized spacial score (nSPS) is 11.4. The molecule has 0 aliphatic carbocycles. The molecule has 0 amide bonds. The van der Waals surface area contributed by atoms with E-state index in [0.717, 1.165) is 0 Å². The van der Waals surface area contributed by atoms with Crippen molar-refractivity contribution >= 4 is 0 Å². The molecule has 2 aromatic heterocycles. The van der Waals surface area contributed by atoms with Crippen LogP contribution in [0.3, 0.4) is 0 Å². The van der Waals surface area contributed by atoms with Crippen molar-refractivity contribution in [2.24, 2.45) is 0 Å². The lowest BCUT2D eigenvalue weighted by Gasteiger charge is -2.02. The fourth-order valence-corrected chi connectivity index (χ4v) is 1.81. The third-order valence-electron chi connectivity index (χ3n) is 2.79. The average molecular weight is 287 g/mol. The molecule has 2 aromatic rings. The molecule has 0 saturated heterocycles. The Balaban J connectivity index is 1.83. The Morgan fingerprint density at radius 2 is 2.15 bits per heavy atom. The molecule has 0 aromatic carbocycles. The van der Waals surface area contributed by atoms with Gasteiger partial charge in [0.05, 0.1) is 11.9 Å². The molecule has 1 N–H and O–H groups in total. The van der Waals surface area contributed by atoms with E-state index in [0.29, 0.717) is 30.9 Å². The molecule has 0 spiro atoms. The minimum Gasteiger partial charge on any atom is -0.307 e. The Morgan fingerprint density at radius 1 is 1.35 bits per heavy atom. The summed E-state index contributed by atoms with van der Waals surface area (Å²) in [4.78, 5) is 0. The first kappa shape index (κ1) is 14.6. The lowest BCUT2D eigenvalue weighted by atomic mass is 10.3. The summed E-state index contributed by atoms with van der Waals surface area (Å²) in [5.74, 6) is -0.358. The minimum atomic E-state index is -2.43. The molecule has 0 radical (unpaired) electrons. The number of nitrogens with one attached hydrogen (secondary N) is 1. The molecule has 110 valence electrons. The van der Waals surface area contributed by atoms with Gasteiger partial charge in [-0.05, 0) is 13.0 Å². The maximum Gasteiger partial charge on any atom is 0.257 e. The summed E-state index contributed by atoms with van der Waals surface area (Å²) < 4.78 is 40.4. The van der Waals surface area contributed by atoms with Crippen LogP contribution in [0.4, 0.5) is 13.2 Å². The van der Waals surface area contributed by atoms with Gasteiger partial charge in [0.15, 0.2) is 0 Å². The zero-order chi connectivity index (χ0) is 14.5. The standard InChI is InChI=1S/C12H16F3N5/c1-2-20-12(15)9(6-17-20)5-16-7-10-3-4-19(18-10)8-11(13)14/h3-4,6,11,16H,2,5,7-8H2,1H3. The summed E-state index contributed by atoms with van der Waals surface area (Å²) in [5.41, 5.74) is 1.10. The molecular formula is C12H16F3N5. The summed E-state index contributed by atoms with van der Waals surface area (Å²) in [6, 6.07) is 1.65.